The van der Waals surface area contributed by atoms with Gasteiger partial charge in [-0.2, -0.15) is 0 Å². The summed E-state index contributed by atoms with van der Waals surface area (Å²) in [5.74, 6) is 0.488. The van der Waals surface area contributed by atoms with Crippen molar-refractivity contribution in [1.29, 1.82) is 0 Å². The fourth-order valence-corrected chi connectivity index (χ4v) is 2.43. The van der Waals surface area contributed by atoms with Gasteiger partial charge in [0, 0.05) is 19.5 Å². The number of carbonyl (C=O) groups is 1. The molecule has 1 aromatic rings. The fourth-order valence-electron chi connectivity index (χ4n) is 2.43. The van der Waals surface area contributed by atoms with Crippen LogP contribution in [0.1, 0.15) is 25.3 Å². The highest BCUT2D eigenvalue weighted by Gasteiger charge is 2.31. The van der Waals surface area contributed by atoms with Crippen molar-refractivity contribution in [3.05, 3.63) is 35.9 Å². The number of hydrogen-bond donors (Lipinski definition) is 1. The molecule has 104 valence electrons. The van der Waals surface area contributed by atoms with Crippen molar-refractivity contribution in [1.82, 2.24) is 4.90 Å². The third-order valence-electron chi connectivity index (χ3n) is 3.81. The minimum atomic E-state index is -0.349. The van der Waals surface area contributed by atoms with Crippen molar-refractivity contribution in [2.24, 2.45) is 11.8 Å². The molecular weight excluding hydrogens is 238 g/mol. The van der Waals surface area contributed by atoms with E-state index in [9.17, 15) is 9.90 Å². The second-order valence-electron chi connectivity index (χ2n) is 5.71. The van der Waals surface area contributed by atoms with Crippen LogP contribution in [0.15, 0.2) is 30.3 Å². The number of aliphatic hydroxyl groups excluding tert-OH is 1. The molecule has 1 amide bonds. The van der Waals surface area contributed by atoms with Crippen LogP contribution in [0.2, 0.25) is 0 Å². The van der Waals surface area contributed by atoms with Crippen LogP contribution in [-0.2, 0) is 11.2 Å². The number of hydrogen-bond acceptors (Lipinski definition) is 2. The van der Waals surface area contributed by atoms with Crippen LogP contribution < -0.4 is 0 Å². The molecule has 1 saturated carbocycles. The second-order valence-corrected chi connectivity index (χ2v) is 5.71. The monoisotopic (exact) mass is 261 g/mol. The third kappa shape index (κ3) is 4.06. The largest absolute Gasteiger partial charge is 0.391 e. The molecule has 2 unspecified atom stereocenters. The predicted molar refractivity (Wildman–Crippen MR) is 75.7 cm³/mol. The Morgan fingerprint density at radius 3 is 2.58 bits per heavy atom. The number of carbonyl (C=O) groups excluding carboxylic acids is 1. The van der Waals surface area contributed by atoms with E-state index in [4.69, 9.17) is 0 Å². The lowest BCUT2D eigenvalue weighted by Gasteiger charge is -2.24. The average molecular weight is 261 g/mol. The highest BCUT2D eigenvalue weighted by atomic mass is 16.3. The SMILES string of the molecule is CC(Cc1ccccc1)C(=O)N(C)CC(O)C1CC1. The minimum Gasteiger partial charge on any atom is -0.391 e. The van der Waals surface area contributed by atoms with Gasteiger partial charge in [0.15, 0.2) is 0 Å². The molecule has 0 radical (unpaired) electrons. The predicted octanol–water partition coefficient (Wildman–Crippen LogP) is 2.09. The number of benzene rings is 1. The molecule has 2 rings (SSSR count). The summed E-state index contributed by atoms with van der Waals surface area (Å²) in [6.07, 6.45) is 2.60. The molecule has 0 spiro atoms. The Balaban J connectivity index is 1.83. The molecule has 3 nitrogen and oxygen atoms in total. The van der Waals surface area contributed by atoms with Gasteiger partial charge >= 0.3 is 0 Å². The van der Waals surface area contributed by atoms with Crippen molar-refractivity contribution in [2.75, 3.05) is 13.6 Å². The first kappa shape index (κ1) is 14.1. The van der Waals surface area contributed by atoms with E-state index < -0.39 is 0 Å². The van der Waals surface area contributed by atoms with Crippen molar-refractivity contribution in [3.8, 4) is 0 Å². The molecule has 3 heteroatoms. The van der Waals surface area contributed by atoms with E-state index >= 15 is 0 Å². The molecule has 0 heterocycles. The van der Waals surface area contributed by atoms with Crippen LogP contribution in [0.5, 0.6) is 0 Å². The third-order valence-corrected chi connectivity index (χ3v) is 3.81. The summed E-state index contributed by atoms with van der Waals surface area (Å²) in [5.41, 5.74) is 1.18. The van der Waals surface area contributed by atoms with E-state index in [2.05, 4.69) is 0 Å². The van der Waals surface area contributed by atoms with Crippen LogP contribution in [0.4, 0.5) is 0 Å². The van der Waals surface area contributed by atoms with Gasteiger partial charge in [0.1, 0.15) is 0 Å². The van der Waals surface area contributed by atoms with Gasteiger partial charge in [0.2, 0.25) is 5.91 Å². The number of likely N-dealkylation sites (N-methyl/N-ethyl adjacent to an activating group) is 1. The topological polar surface area (TPSA) is 40.5 Å². The normalized spacial score (nSPS) is 17.8. The standard InChI is InChI=1S/C16H23NO2/c1-12(10-13-6-4-3-5-7-13)16(19)17(2)11-15(18)14-8-9-14/h3-7,12,14-15,18H,8-11H2,1-2H3. The molecular formula is C16H23NO2. The molecule has 1 aliphatic rings. The quantitative estimate of drug-likeness (QED) is 0.852. The Bertz CT molecular complexity index is 414. The molecule has 1 aromatic carbocycles. The highest BCUT2D eigenvalue weighted by Crippen LogP contribution is 2.32. The zero-order valence-electron chi connectivity index (χ0n) is 11.7. The molecule has 2 atom stereocenters. The van der Waals surface area contributed by atoms with Crippen molar-refractivity contribution >= 4 is 5.91 Å². The van der Waals surface area contributed by atoms with Gasteiger partial charge in [-0.15, -0.1) is 0 Å². The molecule has 0 aliphatic heterocycles. The van der Waals surface area contributed by atoms with Gasteiger partial charge in [-0.1, -0.05) is 37.3 Å². The van der Waals surface area contributed by atoms with Gasteiger partial charge in [0.25, 0.3) is 0 Å². The lowest BCUT2D eigenvalue weighted by Crippen LogP contribution is -2.38. The lowest BCUT2D eigenvalue weighted by atomic mass is 10.00. The summed E-state index contributed by atoms with van der Waals surface area (Å²) in [5, 5.41) is 9.89. The van der Waals surface area contributed by atoms with E-state index in [1.54, 1.807) is 11.9 Å². The molecule has 1 aliphatic carbocycles. The Hall–Kier alpha value is -1.35. The molecule has 19 heavy (non-hydrogen) atoms. The van der Waals surface area contributed by atoms with Crippen LogP contribution in [0, 0.1) is 11.8 Å². The Morgan fingerprint density at radius 1 is 1.37 bits per heavy atom. The second kappa shape index (κ2) is 6.20. The maximum atomic E-state index is 12.2. The van der Waals surface area contributed by atoms with E-state index in [1.165, 1.54) is 5.56 Å². The Labute approximate surface area is 115 Å². The van der Waals surface area contributed by atoms with Gasteiger partial charge < -0.3 is 10.0 Å². The van der Waals surface area contributed by atoms with E-state index in [0.29, 0.717) is 12.5 Å². The first-order chi connectivity index (χ1) is 9.08. The van der Waals surface area contributed by atoms with Gasteiger partial charge in [-0.25, -0.2) is 0 Å². The molecule has 0 aromatic heterocycles. The Morgan fingerprint density at radius 2 is 2.00 bits per heavy atom. The number of rotatable bonds is 6. The number of aliphatic hydroxyl groups is 1. The summed E-state index contributed by atoms with van der Waals surface area (Å²) >= 11 is 0. The molecule has 0 saturated heterocycles. The fraction of sp³-hybridized carbons (Fsp3) is 0.562. The highest BCUT2D eigenvalue weighted by molar-refractivity contribution is 5.78. The summed E-state index contributed by atoms with van der Waals surface area (Å²) < 4.78 is 0. The molecule has 1 N–H and O–H groups in total. The van der Waals surface area contributed by atoms with Crippen molar-refractivity contribution < 1.29 is 9.90 Å². The summed E-state index contributed by atoms with van der Waals surface area (Å²) in [7, 11) is 1.79. The van der Waals surface area contributed by atoms with Gasteiger partial charge in [-0.05, 0) is 30.7 Å². The van der Waals surface area contributed by atoms with Crippen LogP contribution in [0.3, 0.4) is 0 Å². The molecule has 1 fully saturated rings. The Kier molecular flexibility index (Phi) is 4.59. The average Bonchev–Trinajstić information content (AvgIpc) is 3.23. The van der Waals surface area contributed by atoms with E-state index in [-0.39, 0.29) is 17.9 Å². The van der Waals surface area contributed by atoms with Gasteiger partial charge in [-0.3, -0.25) is 4.79 Å². The van der Waals surface area contributed by atoms with Crippen LogP contribution in [-0.4, -0.2) is 35.6 Å². The summed E-state index contributed by atoms with van der Waals surface area (Å²) in [4.78, 5) is 13.9. The van der Waals surface area contributed by atoms with E-state index in [0.717, 1.165) is 19.3 Å². The van der Waals surface area contributed by atoms with E-state index in [1.807, 2.05) is 37.3 Å². The van der Waals surface area contributed by atoms with Crippen LogP contribution in [0.25, 0.3) is 0 Å². The maximum Gasteiger partial charge on any atom is 0.225 e. The summed E-state index contributed by atoms with van der Waals surface area (Å²) in [6.45, 7) is 2.41. The zero-order chi connectivity index (χ0) is 13.8. The number of nitrogens with zero attached hydrogens (tertiary/aromatic N) is 1. The number of amides is 1. The minimum absolute atomic E-state index is 0.0428. The zero-order valence-corrected chi connectivity index (χ0v) is 11.7. The first-order valence-corrected chi connectivity index (χ1v) is 7.05. The molecule has 0 bridgehead atoms. The first-order valence-electron chi connectivity index (χ1n) is 7.05. The maximum absolute atomic E-state index is 12.2. The van der Waals surface area contributed by atoms with Crippen molar-refractivity contribution in [2.45, 2.75) is 32.3 Å². The van der Waals surface area contributed by atoms with Crippen LogP contribution >= 0.6 is 0 Å². The van der Waals surface area contributed by atoms with Gasteiger partial charge in [0.05, 0.1) is 6.10 Å². The van der Waals surface area contributed by atoms with Crippen molar-refractivity contribution in [3.63, 3.8) is 0 Å². The lowest BCUT2D eigenvalue weighted by molar-refractivity contribution is -0.135. The summed E-state index contributed by atoms with van der Waals surface area (Å²) in [6, 6.07) is 10.1. The smallest absolute Gasteiger partial charge is 0.225 e.